The van der Waals surface area contributed by atoms with E-state index in [2.05, 4.69) is 59.4 Å². The second-order valence-corrected chi connectivity index (χ2v) is 5.47. The van der Waals surface area contributed by atoms with Gasteiger partial charge in [-0.2, -0.15) is 0 Å². The van der Waals surface area contributed by atoms with Crippen molar-refractivity contribution < 1.29 is 0 Å². The first-order chi connectivity index (χ1) is 10.3. The maximum atomic E-state index is 5.85. The third kappa shape index (κ3) is 2.83. The number of H-pyrrole nitrogens is 1. The third-order valence-electron chi connectivity index (χ3n) is 3.96. The summed E-state index contributed by atoms with van der Waals surface area (Å²) in [4.78, 5) is 7.97. The summed E-state index contributed by atoms with van der Waals surface area (Å²) in [7, 11) is 0. The molecule has 0 amide bonds. The molecule has 0 aliphatic carbocycles. The lowest BCUT2D eigenvalue weighted by Gasteiger charge is -2.10. The Morgan fingerprint density at radius 1 is 1.14 bits per heavy atom. The highest BCUT2D eigenvalue weighted by atomic mass is 14.9. The lowest BCUT2D eigenvalue weighted by Crippen LogP contribution is -2.13. The van der Waals surface area contributed by atoms with Gasteiger partial charge in [-0.15, -0.1) is 0 Å². The zero-order valence-electron chi connectivity index (χ0n) is 12.3. The van der Waals surface area contributed by atoms with Gasteiger partial charge in [0.2, 0.25) is 0 Å². The van der Waals surface area contributed by atoms with E-state index in [1.165, 1.54) is 16.3 Å². The lowest BCUT2D eigenvalue weighted by molar-refractivity contribution is 0.595. The second kappa shape index (κ2) is 6.10. The Balaban J connectivity index is 1.93. The molecule has 0 bridgehead atoms. The van der Waals surface area contributed by atoms with Crippen molar-refractivity contribution in [3.63, 3.8) is 0 Å². The maximum Gasteiger partial charge on any atom is 0.110 e. The van der Waals surface area contributed by atoms with Crippen LogP contribution in [0.4, 0.5) is 0 Å². The van der Waals surface area contributed by atoms with E-state index in [0.29, 0.717) is 12.5 Å². The summed E-state index contributed by atoms with van der Waals surface area (Å²) in [5.41, 5.74) is 8.08. The van der Waals surface area contributed by atoms with Crippen molar-refractivity contribution in [3.05, 3.63) is 54.5 Å². The van der Waals surface area contributed by atoms with Crippen molar-refractivity contribution in [3.8, 4) is 11.3 Å². The Bertz CT molecular complexity index is 730. The minimum absolute atomic E-state index is 0.323. The average Bonchev–Trinajstić information content (AvgIpc) is 3.02. The molecule has 3 aromatic rings. The molecule has 0 spiro atoms. The molecule has 3 heteroatoms. The molecular formula is C18H21N3. The highest BCUT2D eigenvalue weighted by molar-refractivity contribution is 5.86. The number of nitrogens with zero attached hydrogens (tertiary/aromatic N) is 1. The molecule has 2 aromatic carbocycles. The second-order valence-electron chi connectivity index (χ2n) is 5.47. The molecule has 108 valence electrons. The van der Waals surface area contributed by atoms with Crippen LogP contribution in [-0.2, 0) is 0 Å². The zero-order valence-corrected chi connectivity index (χ0v) is 12.3. The predicted molar refractivity (Wildman–Crippen MR) is 88.2 cm³/mol. The highest BCUT2D eigenvalue weighted by Crippen LogP contribution is 2.25. The van der Waals surface area contributed by atoms with Gasteiger partial charge in [-0.05, 0) is 23.3 Å². The Morgan fingerprint density at radius 2 is 1.95 bits per heavy atom. The molecule has 0 saturated heterocycles. The number of hydrogen-bond donors (Lipinski definition) is 2. The van der Waals surface area contributed by atoms with E-state index in [-0.39, 0.29) is 0 Å². The molecule has 0 radical (unpaired) electrons. The van der Waals surface area contributed by atoms with Crippen molar-refractivity contribution >= 4 is 10.8 Å². The Hall–Kier alpha value is -2.13. The van der Waals surface area contributed by atoms with Gasteiger partial charge in [0.25, 0.3) is 0 Å². The number of fused-ring (bicyclic) bond motifs is 1. The molecule has 0 fully saturated rings. The van der Waals surface area contributed by atoms with E-state index >= 15 is 0 Å². The molecule has 3 nitrogen and oxygen atoms in total. The van der Waals surface area contributed by atoms with Crippen molar-refractivity contribution in [2.75, 3.05) is 6.54 Å². The molecule has 1 aromatic heterocycles. The van der Waals surface area contributed by atoms with Crippen molar-refractivity contribution in [2.24, 2.45) is 5.73 Å². The molecule has 1 unspecified atom stereocenters. The Labute approximate surface area is 125 Å². The van der Waals surface area contributed by atoms with Gasteiger partial charge in [0.05, 0.1) is 11.9 Å². The van der Waals surface area contributed by atoms with Gasteiger partial charge in [-0.1, -0.05) is 49.7 Å². The molecule has 0 saturated carbocycles. The quantitative estimate of drug-likeness (QED) is 0.739. The number of rotatable bonds is 5. The zero-order chi connectivity index (χ0) is 14.7. The summed E-state index contributed by atoms with van der Waals surface area (Å²) >= 11 is 0. The number of imidazole rings is 1. The van der Waals surface area contributed by atoms with E-state index in [1.54, 1.807) is 0 Å². The summed E-state index contributed by atoms with van der Waals surface area (Å²) in [6.45, 7) is 2.81. The molecule has 1 atom stereocenters. The lowest BCUT2D eigenvalue weighted by atomic mass is 10.0. The first-order valence-electron chi connectivity index (χ1n) is 7.56. The molecule has 21 heavy (non-hydrogen) atoms. The summed E-state index contributed by atoms with van der Waals surface area (Å²) in [5.74, 6) is 1.33. The minimum Gasteiger partial charge on any atom is -0.342 e. The topological polar surface area (TPSA) is 54.7 Å². The molecule has 3 N–H and O–H groups in total. The molecule has 3 rings (SSSR count). The first kappa shape index (κ1) is 13.8. The smallest absolute Gasteiger partial charge is 0.110 e. The van der Waals surface area contributed by atoms with Crippen LogP contribution in [0.2, 0.25) is 0 Å². The maximum absolute atomic E-state index is 5.85. The summed E-state index contributed by atoms with van der Waals surface area (Å²) in [6.07, 6.45) is 4.10. The summed E-state index contributed by atoms with van der Waals surface area (Å²) in [6, 6.07) is 14.9. The molecular weight excluding hydrogens is 258 g/mol. The van der Waals surface area contributed by atoms with Crippen LogP contribution in [0.1, 0.15) is 31.5 Å². The minimum atomic E-state index is 0.323. The van der Waals surface area contributed by atoms with E-state index in [4.69, 9.17) is 5.73 Å². The monoisotopic (exact) mass is 279 g/mol. The van der Waals surface area contributed by atoms with E-state index in [0.717, 1.165) is 24.4 Å². The molecule has 0 aliphatic rings. The number of aromatic amines is 1. The number of hydrogen-bond acceptors (Lipinski definition) is 2. The first-order valence-corrected chi connectivity index (χ1v) is 7.56. The van der Waals surface area contributed by atoms with Crippen LogP contribution < -0.4 is 5.73 Å². The Morgan fingerprint density at radius 3 is 2.71 bits per heavy atom. The van der Waals surface area contributed by atoms with Crippen LogP contribution >= 0.6 is 0 Å². The van der Waals surface area contributed by atoms with Gasteiger partial charge in [-0.25, -0.2) is 4.98 Å². The number of aromatic nitrogens is 2. The van der Waals surface area contributed by atoms with Crippen molar-refractivity contribution in [2.45, 2.75) is 25.7 Å². The van der Waals surface area contributed by atoms with Crippen LogP contribution in [0.5, 0.6) is 0 Å². The summed E-state index contributed by atoms with van der Waals surface area (Å²) in [5, 5.41) is 2.50. The van der Waals surface area contributed by atoms with Crippen LogP contribution in [0.15, 0.2) is 48.7 Å². The normalized spacial score (nSPS) is 12.7. The fourth-order valence-corrected chi connectivity index (χ4v) is 2.76. The van der Waals surface area contributed by atoms with Crippen LogP contribution in [0.25, 0.3) is 22.0 Å². The number of nitrogens with one attached hydrogen (secondary N) is 1. The molecule has 0 aliphatic heterocycles. The van der Waals surface area contributed by atoms with E-state index in [9.17, 15) is 0 Å². The van der Waals surface area contributed by atoms with Gasteiger partial charge < -0.3 is 10.7 Å². The van der Waals surface area contributed by atoms with Crippen LogP contribution in [0.3, 0.4) is 0 Å². The van der Waals surface area contributed by atoms with Crippen molar-refractivity contribution in [1.82, 2.24) is 9.97 Å². The van der Waals surface area contributed by atoms with Gasteiger partial charge in [0.1, 0.15) is 5.82 Å². The van der Waals surface area contributed by atoms with Gasteiger partial charge in [0, 0.05) is 18.0 Å². The van der Waals surface area contributed by atoms with Crippen LogP contribution in [-0.4, -0.2) is 16.5 Å². The standard InChI is InChI=1S/C18H21N3/c1-2-5-16(11-19)18-20-12-17(21-18)15-9-8-13-6-3-4-7-14(13)10-15/h3-4,6-10,12,16H,2,5,11,19H2,1H3,(H,20,21). The highest BCUT2D eigenvalue weighted by Gasteiger charge is 2.13. The summed E-state index contributed by atoms with van der Waals surface area (Å²) < 4.78 is 0. The van der Waals surface area contributed by atoms with Gasteiger partial charge in [0.15, 0.2) is 0 Å². The Kier molecular flexibility index (Phi) is 4.02. The van der Waals surface area contributed by atoms with E-state index < -0.39 is 0 Å². The van der Waals surface area contributed by atoms with Crippen molar-refractivity contribution in [1.29, 1.82) is 0 Å². The predicted octanol–water partition coefficient (Wildman–Crippen LogP) is 4.07. The fraction of sp³-hybridized carbons (Fsp3) is 0.278. The van der Waals surface area contributed by atoms with Gasteiger partial charge in [-0.3, -0.25) is 0 Å². The third-order valence-corrected chi connectivity index (χ3v) is 3.96. The SMILES string of the molecule is CCCC(CN)c1ncc(-c2ccc3ccccc3c2)[nH]1. The average molecular weight is 279 g/mol. The number of nitrogens with two attached hydrogens (primary N) is 1. The number of benzene rings is 2. The van der Waals surface area contributed by atoms with E-state index in [1.807, 2.05) is 6.20 Å². The largest absolute Gasteiger partial charge is 0.342 e. The molecule has 1 heterocycles. The van der Waals surface area contributed by atoms with Gasteiger partial charge >= 0.3 is 0 Å². The van der Waals surface area contributed by atoms with Crippen LogP contribution in [0, 0.1) is 0 Å². The fourth-order valence-electron chi connectivity index (χ4n) is 2.76.